The lowest BCUT2D eigenvalue weighted by atomic mass is 10.6. The second kappa shape index (κ2) is 4.88. The minimum Gasteiger partial charge on any atom is -0.229 e. The topological polar surface area (TPSA) is 34.1 Å². The number of thiocarbonyl (C=S) groups is 1. The summed E-state index contributed by atoms with van der Waals surface area (Å²) in [6.45, 7) is 3.80. The Morgan fingerprint density at radius 3 is 1.22 bits per heavy atom. The van der Waals surface area contributed by atoms with Gasteiger partial charge in [-0.05, 0) is 18.7 Å². The van der Waals surface area contributed by atoms with E-state index in [4.69, 9.17) is 0 Å². The van der Waals surface area contributed by atoms with Gasteiger partial charge in [-0.2, -0.15) is 0 Å². The zero-order valence-electron chi connectivity index (χ0n) is 6.13. The highest BCUT2D eigenvalue weighted by Gasteiger charge is 1.79. The Morgan fingerprint density at radius 2 is 1.22 bits per heavy atom. The number of rotatable bonds is 0. The fourth-order valence-electron chi connectivity index (χ4n) is 0. The van der Waals surface area contributed by atoms with Gasteiger partial charge < -0.3 is 0 Å². The van der Waals surface area contributed by atoms with Crippen LogP contribution in [0.5, 0.6) is 0 Å². The van der Waals surface area contributed by atoms with Crippen LogP contribution in [0.15, 0.2) is 0 Å². The van der Waals surface area contributed by atoms with Crippen molar-refractivity contribution in [3.63, 3.8) is 0 Å². The molecule has 0 bridgehead atoms. The molecular weight excluding hydrogens is 156 g/mol. The molecule has 0 aliphatic heterocycles. The largest absolute Gasteiger partial charge is 0.229 e. The van der Waals surface area contributed by atoms with Gasteiger partial charge in [0.15, 0.2) is 0 Å². The van der Waals surface area contributed by atoms with Crippen molar-refractivity contribution in [3.8, 4) is 0 Å². The Hall–Kier alpha value is 0.0400. The van der Waals surface area contributed by atoms with Crippen molar-refractivity contribution in [1.29, 1.82) is 0 Å². The van der Waals surface area contributed by atoms with Crippen LogP contribution in [0.3, 0.4) is 0 Å². The lowest BCUT2D eigenvalue weighted by molar-refractivity contribution is 0.607. The SMILES string of the molecule is CC(C)=S.CS(C)(=O)=O. The van der Waals surface area contributed by atoms with E-state index in [0.717, 1.165) is 17.4 Å². The van der Waals surface area contributed by atoms with Gasteiger partial charge in [0.05, 0.1) is 0 Å². The maximum atomic E-state index is 9.63. The van der Waals surface area contributed by atoms with Gasteiger partial charge in [-0.1, -0.05) is 12.2 Å². The number of sulfone groups is 1. The molecule has 56 valence electrons. The Labute approximate surface area is 62.2 Å². The lowest BCUT2D eigenvalue weighted by Crippen LogP contribution is -1.86. The zero-order chi connectivity index (χ0) is 8.08. The van der Waals surface area contributed by atoms with Crippen LogP contribution in [0.2, 0.25) is 0 Å². The second-order valence-electron chi connectivity index (χ2n) is 2.05. The third-order valence-electron chi connectivity index (χ3n) is 0. The van der Waals surface area contributed by atoms with Crippen molar-refractivity contribution in [2.45, 2.75) is 13.8 Å². The fraction of sp³-hybridized carbons (Fsp3) is 0.800. The molecule has 9 heavy (non-hydrogen) atoms. The van der Waals surface area contributed by atoms with Gasteiger partial charge in [0.2, 0.25) is 0 Å². The summed E-state index contributed by atoms with van der Waals surface area (Å²) in [6.07, 6.45) is 2.32. The van der Waals surface area contributed by atoms with E-state index in [2.05, 4.69) is 12.2 Å². The normalized spacial score (nSPS) is 9.33. The van der Waals surface area contributed by atoms with E-state index in [0.29, 0.717) is 0 Å². The van der Waals surface area contributed by atoms with Gasteiger partial charge in [0.25, 0.3) is 0 Å². The highest BCUT2D eigenvalue weighted by Crippen LogP contribution is 1.62. The summed E-state index contributed by atoms with van der Waals surface area (Å²) < 4.78 is 19.3. The van der Waals surface area contributed by atoms with Gasteiger partial charge in [-0.3, -0.25) is 0 Å². The lowest BCUT2D eigenvalue weighted by Gasteiger charge is -1.69. The van der Waals surface area contributed by atoms with Gasteiger partial charge in [0, 0.05) is 12.5 Å². The first kappa shape index (κ1) is 11.8. The van der Waals surface area contributed by atoms with E-state index in [-0.39, 0.29) is 0 Å². The third-order valence-corrected chi connectivity index (χ3v) is 0. The summed E-state index contributed by atoms with van der Waals surface area (Å²) >= 11 is 4.54. The molecule has 0 fully saturated rings. The molecule has 0 N–H and O–H groups in total. The monoisotopic (exact) mass is 168 g/mol. The molecule has 0 amide bonds. The predicted molar refractivity (Wildman–Crippen MR) is 44.7 cm³/mol. The summed E-state index contributed by atoms with van der Waals surface area (Å²) in [5, 5.41) is 0. The van der Waals surface area contributed by atoms with Crippen molar-refractivity contribution in [2.24, 2.45) is 0 Å². The Morgan fingerprint density at radius 1 is 1.22 bits per heavy atom. The van der Waals surface area contributed by atoms with Crippen molar-refractivity contribution < 1.29 is 8.42 Å². The first-order valence-electron chi connectivity index (χ1n) is 2.35. The number of hydrogen-bond donors (Lipinski definition) is 0. The van der Waals surface area contributed by atoms with Gasteiger partial charge in [0.1, 0.15) is 9.84 Å². The second-order valence-corrected chi connectivity index (χ2v) is 5.15. The molecule has 0 aromatic rings. The first-order valence-corrected chi connectivity index (χ1v) is 5.06. The molecule has 0 heterocycles. The minimum absolute atomic E-state index is 1.00. The van der Waals surface area contributed by atoms with Crippen LogP contribution in [0, 0.1) is 0 Å². The third kappa shape index (κ3) is 183000. The maximum absolute atomic E-state index is 9.63. The molecule has 0 unspecified atom stereocenters. The molecule has 0 aromatic carbocycles. The predicted octanol–water partition coefficient (Wildman–Crippen LogP) is 1.06. The Kier molecular flexibility index (Phi) is 6.39. The molecule has 0 aliphatic rings. The van der Waals surface area contributed by atoms with Crippen LogP contribution in [0.4, 0.5) is 0 Å². The molecular formula is C5H12O2S2. The Balaban J connectivity index is 0. The van der Waals surface area contributed by atoms with Crippen LogP contribution >= 0.6 is 12.2 Å². The molecule has 0 saturated heterocycles. The number of hydrogen-bond acceptors (Lipinski definition) is 3. The summed E-state index contributed by atoms with van der Waals surface area (Å²) in [4.78, 5) is 1.00. The fourth-order valence-corrected chi connectivity index (χ4v) is 0. The van der Waals surface area contributed by atoms with Crippen LogP contribution < -0.4 is 0 Å². The van der Waals surface area contributed by atoms with Gasteiger partial charge in [-0.15, -0.1) is 0 Å². The first-order chi connectivity index (χ1) is 3.73. The smallest absolute Gasteiger partial charge is 0.144 e. The van der Waals surface area contributed by atoms with Crippen molar-refractivity contribution >= 4 is 26.9 Å². The average Bonchev–Trinajstić information content (AvgIpc) is 1.19. The van der Waals surface area contributed by atoms with Gasteiger partial charge >= 0.3 is 0 Å². The zero-order valence-corrected chi connectivity index (χ0v) is 7.77. The van der Waals surface area contributed by atoms with Gasteiger partial charge in [-0.25, -0.2) is 8.42 Å². The van der Waals surface area contributed by atoms with E-state index >= 15 is 0 Å². The average molecular weight is 168 g/mol. The van der Waals surface area contributed by atoms with Crippen LogP contribution in [-0.4, -0.2) is 25.8 Å². The molecule has 0 saturated carbocycles. The van der Waals surface area contributed by atoms with Crippen molar-refractivity contribution in [1.82, 2.24) is 0 Å². The molecule has 0 aromatic heterocycles. The molecule has 0 radical (unpaired) electrons. The van der Waals surface area contributed by atoms with Crippen molar-refractivity contribution in [3.05, 3.63) is 0 Å². The van der Waals surface area contributed by atoms with Crippen LogP contribution in [0.1, 0.15) is 13.8 Å². The minimum atomic E-state index is -2.67. The van der Waals surface area contributed by atoms with E-state index in [9.17, 15) is 8.42 Å². The van der Waals surface area contributed by atoms with E-state index in [1.807, 2.05) is 13.8 Å². The quantitative estimate of drug-likeness (QED) is 0.507. The summed E-state index contributed by atoms with van der Waals surface area (Å²) in [5.41, 5.74) is 0. The maximum Gasteiger partial charge on any atom is 0.144 e. The molecule has 2 nitrogen and oxygen atoms in total. The van der Waals surface area contributed by atoms with Crippen LogP contribution in [-0.2, 0) is 9.84 Å². The van der Waals surface area contributed by atoms with E-state index in [1.165, 1.54) is 0 Å². The molecule has 0 spiro atoms. The van der Waals surface area contributed by atoms with E-state index in [1.54, 1.807) is 0 Å². The molecule has 0 atom stereocenters. The van der Waals surface area contributed by atoms with Crippen molar-refractivity contribution in [2.75, 3.05) is 12.5 Å². The summed E-state index contributed by atoms with van der Waals surface area (Å²) in [7, 11) is -2.67. The highest BCUT2D eigenvalue weighted by atomic mass is 32.2. The molecule has 4 heteroatoms. The Bertz CT molecular complexity index is 155. The summed E-state index contributed by atoms with van der Waals surface area (Å²) in [5.74, 6) is 0. The standard InChI is InChI=1S/C3H6S.C2H6O2S/c1-3(2)4;1-5(2,3)4/h1-2H3;1-2H3. The van der Waals surface area contributed by atoms with Crippen LogP contribution in [0.25, 0.3) is 0 Å². The molecule has 0 rings (SSSR count). The molecule has 0 aliphatic carbocycles. The highest BCUT2D eigenvalue weighted by molar-refractivity contribution is 7.89. The summed E-state index contributed by atoms with van der Waals surface area (Å²) in [6, 6.07) is 0. The van der Waals surface area contributed by atoms with E-state index < -0.39 is 9.84 Å².